The van der Waals surface area contributed by atoms with E-state index in [1.165, 1.54) is 5.56 Å². The zero-order valence-corrected chi connectivity index (χ0v) is 35.5. The van der Waals surface area contributed by atoms with Gasteiger partial charge in [-0.15, -0.1) is 0 Å². The molecule has 5 rings (SSSR count). The van der Waals surface area contributed by atoms with E-state index < -0.39 is 17.7 Å². The molecule has 12 nitrogen and oxygen atoms in total. The molecular formula is C48H62N8O4. The Morgan fingerprint density at radius 3 is 1.73 bits per heavy atom. The van der Waals surface area contributed by atoms with E-state index >= 15 is 0 Å². The average Bonchev–Trinajstić information content (AvgIpc) is 3.22. The quantitative estimate of drug-likeness (QED) is 0.0536. The Morgan fingerprint density at radius 2 is 1.18 bits per heavy atom. The molecule has 0 saturated heterocycles. The predicted octanol–water partition coefficient (Wildman–Crippen LogP) is 7.41. The normalized spacial score (nSPS) is 12.0. The number of ether oxygens (including phenoxy) is 2. The van der Waals surface area contributed by atoms with E-state index in [9.17, 15) is 9.59 Å². The number of carbonyl (C=O) groups is 2. The molecule has 0 unspecified atom stereocenters. The zero-order chi connectivity index (χ0) is 42.4. The summed E-state index contributed by atoms with van der Waals surface area (Å²) in [6.45, 7) is 8.98. The first-order chi connectivity index (χ1) is 29.1. The minimum atomic E-state index is -0.599. The van der Waals surface area contributed by atoms with Crippen molar-refractivity contribution in [2.75, 3.05) is 19.7 Å². The molecule has 12 heteroatoms. The van der Waals surface area contributed by atoms with Crippen molar-refractivity contribution in [2.45, 2.75) is 103 Å². The lowest BCUT2D eigenvalue weighted by atomic mass is 9.89. The number of hydrogen-bond acceptors (Lipinski definition) is 10. The molecular weight excluding hydrogens is 753 g/mol. The number of benzene rings is 1. The van der Waals surface area contributed by atoms with Gasteiger partial charge in [-0.3, -0.25) is 29.6 Å². The van der Waals surface area contributed by atoms with Gasteiger partial charge in [-0.2, -0.15) is 0 Å². The minimum Gasteiger partial charge on any atom is -0.494 e. The summed E-state index contributed by atoms with van der Waals surface area (Å²) >= 11 is 0. The fourth-order valence-electron chi connectivity index (χ4n) is 6.95. The third-order valence-electron chi connectivity index (χ3n) is 9.71. The minimum absolute atomic E-state index is 0.166. The molecule has 4 N–H and O–H groups in total. The Hall–Kier alpha value is -5.72. The number of carbonyl (C=O) groups excluding carboxylic acids is 2. The highest BCUT2D eigenvalue weighted by Gasteiger charge is 2.18. The second-order valence-corrected chi connectivity index (χ2v) is 16.3. The summed E-state index contributed by atoms with van der Waals surface area (Å²) in [6.07, 6.45) is 12.9. The van der Waals surface area contributed by atoms with Gasteiger partial charge in [0.05, 0.1) is 24.0 Å². The number of unbranched alkanes of at least 4 members (excludes halogenated alkanes) is 2. The van der Waals surface area contributed by atoms with E-state index in [4.69, 9.17) is 15.2 Å². The average molecular weight is 815 g/mol. The Balaban J connectivity index is 1.21. The van der Waals surface area contributed by atoms with Crippen molar-refractivity contribution in [3.63, 3.8) is 0 Å². The van der Waals surface area contributed by atoms with Crippen LogP contribution >= 0.6 is 0 Å². The van der Waals surface area contributed by atoms with E-state index in [0.717, 1.165) is 72.6 Å². The molecule has 0 aliphatic carbocycles. The smallest absolute Gasteiger partial charge is 0.407 e. The molecule has 60 heavy (non-hydrogen) atoms. The highest BCUT2D eigenvalue weighted by Crippen LogP contribution is 2.25. The largest absolute Gasteiger partial charge is 0.494 e. The molecule has 0 bridgehead atoms. The molecule has 0 fully saturated rings. The Morgan fingerprint density at radius 1 is 0.650 bits per heavy atom. The summed E-state index contributed by atoms with van der Waals surface area (Å²) in [5.74, 6) is 0.917. The lowest BCUT2D eigenvalue weighted by Gasteiger charge is -2.23. The Kier molecular flexibility index (Phi) is 18.4. The van der Waals surface area contributed by atoms with Crippen LogP contribution in [0.25, 0.3) is 0 Å². The first-order valence-corrected chi connectivity index (χ1v) is 21.2. The maximum absolute atomic E-state index is 12.7. The van der Waals surface area contributed by atoms with Crippen LogP contribution in [0.4, 0.5) is 4.79 Å². The van der Waals surface area contributed by atoms with E-state index in [0.29, 0.717) is 52.2 Å². The van der Waals surface area contributed by atoms with Gasteiger partial charge in [0.2, 0.25) is 5.91 Å². The van der Waals surface area contributed by atoms with Crippen molar-refractivity contribution in [3.05, 3.63) is 150 Å². The topological polar surface area (TPSA) is 157 Å². The number of pyridine rings is 4. The molecule has 4 heterocycles. The number of nitrogens with one attached hydrogen (secondary N) is 2. The second kappa shape index (κ2) is 24.4. The van der Waals surface area contributed by atoms with Crippen LogP contribution < -0.4 is 21.1 Å². The Labute approximate surface area is 355 Å². The van der Waals surface area contributed by atoms with Gasteiger partial charge in [-0.05, 0) is 150 Å². The standard InChI is InChI=1S/C48H62N8O4/c1-48(2,3)60-47(58)55-26-13-8-20-45(49)46(57)54-25-14-15-27-59-44-32-37(28-38(30-40-16-4-9-21-50-40)31-41-17-5-10-22-51-41)29-39(33-44)34-56(35-42-18-6-11-23-52-42)36-43-19-7-12-24-53-43/h4-7,9-12,16-19,21-24,29,32-33,38,45H,8,13-15,20,25-28,30-31,34-36,49H2,1-3H3,(H,54,57)(H,55,58)/t45-/m0/s1. The fourth-order valence-corrected chi connectivity index (χ4v) is 6.95. The lowest BCUT2D eigenvalue weighted by molar-refractivity contribution is -0.122. The van der Waals surface area contributed by atoms with Crippen LogP contribution in [0.15, 0.2) is 116 Å². The van der Waals surface area contributed by atoms with Crippen molar-refractivity contribution in [3.8, 4) is 5.75 Å². The summed E-state index contributed by atoms with van der Waals surface area (Å²) in [5, 5.41) is 5.71. The van der Waals surface area contributed by atoms with Gasteiger partial charge in [-0.1, -0.05) is 30.3 Å². The number of alkyl carbamates (subject to hydrolysis) is 1. The van der Waals surface area contributed by atoms with Crippen molar-refractivity contribution in [2.24, 2.45) is 11.7 Å². The molecule has 1 atom stereocenters. The summed E-state index contributed by atoms with van der Waals surface area (Å²) in [6, 6.07) is 30.2. The van der Waals surface area contributed by atoms with E-state index in [-0.39, 0.29) is 11.8 Å². The van der Waals surface area contributed by atoms with Crippen LogP contribution in [0.1, 0.15) is 86.8 Å². The summed E-state index contributed by atoms with van der Waals surface area (Å²) in [4.78, 5) is 45.4. The van der Waals surface area contributed by atoms with Crippen LogP contribution in [0.5, 0.6) is 5.75 Å². The first-order valence-electron chi connectivity index (χ1n) is 21.2. The van der Waals surface area contributed by atoms with Gasteiger partial charge in [0, 0.05) is 68.9 Å². The predicted molar refractivity (Wildman–Crippen MR) is 235 cm³/mol. The molecule has 0 aliphatic heterocycles. The molecule has 0 saturated carbocycles. The summed E-state index contributed by atoms with van der Waals surface area (Å²) in [5.41, 5.74) is 12.1. The van der Waals surface area contributed by atoms with Crippen LogP contribution in [0.3, 0.4) is 0 Å². The van der Waals surface area contributed by atoms with E-state index in [1.54, 1.807) is 0 Å². The number of rotatable bonds is 24. The highest BCUT2D eigenvalue weighted by molar-refractivity contribution is 5.81. The third-order valence-corrected chi connectivity index (χ3v) is 9.71. The summed E-state index contributed by atoms with van der Waals surface area (Å²) < 4.78 is 11.7. The van der Waals surface area contributed by atoms with Gasteiger partial charge in [-0.25, -0.2) is 4.79 Å². The van der Waals surface area contributed by atoms with Gasteiger partial charge in [0.15, 0.2) is 0 Å². The third kappa shape index (κ3) is 17.6. The van der Waals surface area contributed by atoms with E-state index in [2.05, 4.69) is 77.9 Å². The molecule has 0 aliphatic rings. The maximum Gasteiger partial charge on any atom is 0.407 e. The van der Waals surface area contributed by atoms with Gasteiger partial charge in [0.25, 0.3) is 0 Å². The van der Waals surface area contributed by atoms with Crippen molar-refractivity contribution in [1.29, 1.82) is 0 Å². The molecule has 1 aromatic carbocycles. The molecule has 2 amide bonds. The number of nitrogens with zero attached hydrogens (tertiary/aromatic N) is 5. The van der Waals surface area contributed by atoms with Crippen LogP contribution in [-0.2, 0) is 48.4 Å². The Bertz CT molecular complexity index is 1790. The van der Waals surface area contributed by atoms with Crippen LogP contribution in [-0.4, -0.2) is 68.2 Å². The van der Waals surface area contributed by atoms with Crippen LogP contribution in [0.2, 0.25) is 0 Å². The van der Waals surface area contributed by atoms with Gasteiger partial charge in [0.1, 0.15) is 11.4 Å². The number of aromatic nitrogens is 4. The second-order valence-electron chi connectivity index (χ2n) is 16.3. The molecule has 0 spiro atoms. The summed E-state index contributed by atoms with van der Waals surface area (Å²) in [7, 11) is 0. The molecule has 4 aromatic heterocycles. The van der Waals surface area contributed by atoms with Gasteiger partial charge < -0.3 is 25.8 Å². The number of amides is 2. The van der Waals surface area contributed by atoms with Gasteiger partial charge >= 0.3 is 6.09 Å². The fraction of sp³-hybridized carbons (Fsp3) is 0.417. The zero-order valence-electron chi connectivity index (χ0n) is 35.5. The van der Waals surface area contributed by atoms with E-state index in [1.807, 2.05) is 94.1 Å². The highest BCUT2D eigenvalue weighted by atomic mass is 16.6. The molecule has 0 radical (unpaired) electrons. The SMILES string of the molecule is CC(C)(C)OC(=O)NCCCC[C@H](N)C(=O)NCCCCOc1cc(CC(Cc2ccccn2)Cc2ccccn2)cc(CN(Cc2ccccn2)Cc2ccccn2)c1. The number of hydrogen-bond donors (Lipinski definition) is 3. The molecule has 5 aromatic rings. The van der Waals surface area contributed by atoms with Crippen molar-refractivity contribution < 1.29 is 19.1 Å². The number of nitrogens with two attached hydrogens (primary N) is 1. The van der Waals surface area contributed by atoms with Crippen LogP contribution in [0, 0.1) is 5.92 Å². The van der Waals surface area contributed by atoms with Crippen molar-refractivity contribution in [1.82, 2.24) is 35.5 Å². The maximum atomic E-state index is 12.7. The van der Waals surface area contributed by atoms with Crippen molar-refractivity contribution >= 4 is 12.0 Å². The monoisotopic (exact) mass is 814 g/mol. The lowest BCUT2D eigenvalue weighted by Crippen LogP contribution is -2.41. The first kappa shape index (κ1) is 45.4. The molecule has 318 valence electrons.